The molecule has 2 aromatic carbocycles. The highest BCUT2D eigenvalue weighted by molar-refractivity contribution is 9.10. The number of nitrogens with zero attached hydrogens (tertiary/aromatic N) is 1. The molecule has 1 amide bonds. The number of aryl methyl sites for hydroxylation is 1. The molecule has 0 bridgehead atoms. The minimum Gasteiger partial charge on any atom is -0.496 e. The maximum Gasteiger partial charge on any atom is 0.274 e. The Kier molecular flexibility index (Phi) is 6.83. The van der Waals surface area contributed by atoms with Crippen molar-refractivity contribution in [3.05, 3.63) is 75.5 Å². The van der Waals surface area contributed by atoms with Crippen LogP contribution in [0.15, 0.2) is 64.1 Å². The van der Waals surface area contributed by atoms with Crippen molar-refractivity contribution in [3.63, 3.8) is 0 Å². The summed E-state index contributed by atoms with van der Waals surface area (Å²) in [7, 11) is 1.61. The van der Waals surface area contributed by atoms with E-state index in [0.29, 0.717) is 26.8 Å². The highest BCUT2D eigenvalue weighted by Crippen LogP contribution is 2.33. The number of nitrogens with one attached hydrogen (secondary N) is 2. The summed E-state index contributed by atoms with van der Waals surface area (Å²) >= 11 is 10.6. The first-order valence-electron chi connectivity index (χ1n) is 8.27. The molecule has 2 N–H and O–H groups in total. The molecule has 0 radical (unpaired) electrons. The van der Waals surface area contributed by atoms with E-state index >= 15 is 0 Å². The van der Waals surface area contributed by atoms with Crippen LogP contribution in [0.2, 0.25) is 5.02 Å². The van der Waals surface area contributed by atoms with Gasteiger partial charge in [-0.25, -0.2) is 4.98 Å². The van der Waals surface area contributed by atoms with Crippen LogP contribution < -0.4 is 14.8 Å². The molecule has 1 heterocycles. The Hall–Kier alpha value is -2.22. The van der Waals surface area contributed by atoms with Crippen LogP contribution in [-0.2, 0) is 0 Å². The first-order chi connectivity index (χ1) is 13.5. The van der Waals surface area contributed by atoms with E-state index in [9.17, 15) is 4.79 Å². The van der Waals surface area contributed by atoms with Gasteiger partial charge in [-0.3, -0.25) is 4.79 Å². The number of halogens is 2. The first-order valence-corrected chi connectivity index (χ1v) is 10.3. The van der Waals surface area contributed by atoms with Crippen molar-refractivity contribution in [2.45, 2.75) is 11.8 Å². The van der Waals surface area contributed by atoms with E-state index in [1.54, 1.807) is 19.2 Å². The number of rotatable bonds is 6. The van der Waals surface area contributed by atoms with Crippen LogP contribution in [0, 0.1) is 6.92 Å². The zero-order valence-electron chi connectivity index (χ0n) is 15.1. The first kappa shape index (κ1) is 20.5. The van der Waals surface area contributed by atoms with Gasteiger partial charge in [0.2, 0.25) is 0 Å². The fourth-order valence-electron chi connectivity index (χ4n) is 2.39. The highest BCUT2D eigenvalue weighted by Gasteiger charge is 2.13. The molecule has 0 spiro atoms. The zero-order valence-corrected chi connectivity index (χ0v) is 18.3. The summed E-state index contributed by atoms with van der Waals surface area (Å²) in [6.07, 6.45) is 0. The van der Waals surface area contributed by atoms with Crippen LogP contribution >= 0.6 is 39.5 Å². The Bertz CT molecular complexity index is 999. The van der Waals surface area contributed by atoms with E-state index in [1.807, 2.05) is 49.4 Å². The lowest BCUT2D eigenvalue weighted by Gasteiger charge is -2.13. The zero-order chi connectivity index (χ0) is 20.1. The summed E-state index contributed by atoms with van der Waals surface area (Å²) in [4.78, 5) is 17.7. The second kappa shape index (κ2) is 9.32. The molecule has 0 atom stereocenters. The van der Waals surface area contributed by atoms with Crippen LogP contribution in [-0.4, -0.2) is 18.0 Å². The van der Waals surface area contributed by atoms with Crippen molar-refractivity contribution in [1.82, 2.24) is 4.98 Å². The normalized spacial score (nSPS) is 10.4. The molecular weight excluding hydrogens is 462 g/mol. The Morgan fingerprint density at radius 2 is 1.82 bits per heavy atom. The smallest absolute Gasteiger partial charge is 0.274 e. The third kappa shape index (κ3) is 5.19. The van der Waals surface area contributed by atoms with Gasteiger partial charge in [0.05, 0.1) is 12.0 Å². The van der Waals surface area contributed by atoms with Crippen molar-refractivity contribution >= 4 is 56.8 Å². The standard InChI is InChI=1S/C20H17BrClN3O2S/c1-12-3-10-18(21)24-19(12)20(26)23-15-8-9-16(27-2)17(11-15)28-25-14-6-4-13(22)5-7-14/h3-11,25H,1-2H3,(H,23,26). The van der Waals surface area contributed by atoms with Crippen LogP contribution in [0.1, 0.15) is 16.1 Å². The fourth-order valence-corrected chi connectivity index (χ4v) is 3.63. The number of aromatic nitrogens is 1. The molecule has 0 aliphatic rings. The molecule has 0 saturated heterocycles. The molecular formula is C20H17BrClN3O2S. The number of hydrogen-bond donors (Lipinski definition) is 2. The molecule has 0 saturated carbocycles. The Labute approximate surface area is 181 Å². The summed E-state index contributed by atoms with van der Waals surface area (Å²) in [5, 5.41) is 3.56. The van der Waals surface area contributed by atoms with E-state index < -0.39 is 0 Å². The van der Waals surface area contributed by atoms with Gasteiger partial charge >= 0.3 is 0 Å². The van der Waals surface area contributed by atoms with Gasteiger partial charge in [-0.05, 0) is 88.9 Å². The molecule has 5 nitrogen and oxygen atoms in total. The lowest BCUT2D eigenvalue weighted by Crippen LogP contribution is -2.15. The van der Waals surface area contributed by atoms with E-state index in [4.69, 9.17) is 16.3 Å². The summed E-state index contributed by atoms with van der Waals surface area (Å²) in [5.74, 6) is 0.423. The second-order valence-electron chi connectivity index (χ2n) is 5.83. The lowest BCUT2D eigenvalue weighted by molar-refractivity contribution is 0.102. The molecule has 8 heteroatoms. The quantitative estimate of drug-likeness (QED) is 0.327. The molecule has 3 aromatic rings. The molecule has 1 aromatic heterocycles. The van der Waals surface area contributed by atoms with Crippen LogP contribution in [0.3, 0.4) is 0 Å². The summed E-state index contributed by atoms with van der Waals surface area (Å²) in [5.41, 5.74) is 2.72. The third-order valence-corrected chi connectivity index (χ3v) is 5.39. The molecule has 144 valence electrons. The minimum atomic E-state index is -0.273. The number of hydrogen-bond acceptors (Lipinski definition) is 5. The van der Waals surface area contributed by atoms with Crippen LogP contribution in [0.5, 0.6) is 5.75 Å². The number of carbonyl (C=O) groups is 1. The predicted molar refractivity (Wildman–Crippen MR) is 119 cm³/mol. The number of ether oxygens (including phenoxy) is 1. The minimum absolute atomic E-state index is 0.273. The van der Waals surface area contributed by atoms with E-state index in [-0.39, 0.29) is 5.91 Å². The highest BCUT2D eigenvalue weighted by atomic mass is 79.9. The van der Waals surface area contributed by atoms with Crippen molar-refractivity contribution in [3.8, 4) is 5.75 Å². The van der Waals surface area contributed by atoms with Gasteiger partial charge in [0, 0.05) is 16.4 Å². The fraction of sp³-hybridized carbons (Fsp3) is 0.100. The number of amides is 1. The van der Waals surface area contributed by atoms with Crippen molar-refractivity contribution in [2.75, 3.05) is 17.1 Å². The average molecular weight is 479 g/mol. The van der Waals surface area contributed by atoms with Gasteiger partial charge in [0.25, 0.3) is 5.91 Å². The Morgan fingerprint density at radius 1 is 1.11 bits per heavy atom. The summed E-state index contributed by atoms with van der Waals surface area (Å²) in [6, 6.07) is 16.5. The molecule has 3 rings (SSSR count). The molecule has 0 unspecified atom stereocenters. The number of anilines is 2. The van der Waals surface area contributed by atoms with Gasteiger partial charge in [0.15, 0.2) is 0 Å². The molecule has 0 aliphatic heterocycles. The van der Waals surface area contributed by atoms with Crippen molar-refractivity contribution in [2.24, 2.45) is 0 Å². The van der Waals surface area contributed by atoms with Gasteiger partial charge < -0.3 is 14.8 Å². The molecule has 0 fully saturated rings. The largest absolute Gasteiger partial charge is 0.496 e. The number of carbonyl (C=O) groups excluding carboxylic acids is 1. The van der Waals surface area contributed by atoms with E-state index in [1.165, 1.54) is 11.9 Å². The van der Waals surface area contributed by atoms with Gasteiger partial charge in [-0.15, -0.1) is 0 Å². The molecule has 28 heavy (non-hydrogen) atoms. The molecule has 0 aliphatic carbocycles. The Balaban J connectivity index is 1.77. The number of benzene rings is 2. The average Bonchev–Trinajstić information content (AvgIpc) is 2.69. The maximum atomic E-state index is 12.6. The SMILES string of the molecule is COc1ccc(NC(=O)c2nc(Br)ccc2C)cc1SNc1ccc(Cl)cc1. The van der Waals surface area contributed by atoms with Gasteiger partial charge in [-0.1, -0.05) is 17.7 Å². The van der Waals surface area contributed by atoms with E-state index in [2.05, 4.69) is 31.0 Å². The van der Waals surface area contributed by atoms with Crippen molar-refractivity contribution in [1.29, 1.82) is 0 Å². The number of methoxy groups -OCH3 is 1. The summed E-state index contributed by atoms with van der Waals surface area (Å²) < 4.78 is 9.27. The third-order valence-electron chi connectivity index (χ3n) is 3.82. The van der Waals surface area contributed by atoms with Gasteiger partial charge in [0.1, 0.15) is 16.0 Å². The predicted octanol–water partition coefficient (Wildman–Crippen LogP) is 6.19. The van der Waals surface area contributed by atoms with Gasteiger partial charge in [-0.2, -0.15) is 0 Å². The second-order valence-corrected chi connectivity index (χ2v) is 7.93. The summed E-state index contributed by atoms with van der Waals surface area (Å²) in [6.45, 7) is 1.85. The maximum absolute atomic E-state index is 12.6. The van der Waals surface area contributed by atoms with E-state index in [0.717, 1.165) is 16.1 Å². The van der Waals surface area contributed by atoms with Crippen molar-refractivity contribution < 1.29 is 9.53 Å². The Morgan fingerprint density at radius 3 is 2.54 bits per heavy atom. The topological polar surface area (TPSA) is 63.2 Å². The van der Waals surface area contributed by atoms with Crippen LogP contribution in [0.4, 0.5) is 11.4 Å². The number of pyridine rings is 1. The van der Waals surface area contributed by atoms with Crippen LogP contribution in [0.25, 0.3) is 0 Å². The lowest BCUT2D eigenvalue weighted by atomic mass is 10.2. The monoisotopic (exact) mass is 477 g/mol.